The van der Waals surface area contributed by atoms with E-state index in [9.17, 15) is 0 Å². The molecule has 0 aromatic rings. The van der Waals surface area contributed by atoms with Gasteiger partial charge in [0.2, 0.25) is 0 Å². The minimum absolute atomic E-state index is 0. The average Bonchev–Trinajstić information content (AvgIpc) is 2.57. The van der Waals surface area contributed by atoms with E-state index in [0.717, 1.165) is 0 Å². The zero-order valence-corrected chi connectivity index (χ0v) is 19.8. The molecule has 0 rings (SSSR count). The molecule has 1 heteroatoms. The summed E-state index contributed by atoms with van der Waals surface area (Å²) in [5.41, 5.74) is 0. The van der Waals surface area contributed by atoms with Crippen LogP contribution in [-0.4, -0.2) is 0 Å². The summed E-state index contributed by atoms with van der Waals surface area (Å²) < 4.78 is 0. The van der Waals surface area contributed by atoms with Crippen molar-refractivity contribution in [3.63, 3.8) is 0 Å². The molecule has 0 aliphatic carbocycles. The number of hydrogen-bond acceptors (Lipinski definition) is 0. The Balaban J connectivity index is -0.00000242. The van der Waals surface area contributed by atoms with Crippen molar-refractivity contribution in [1.29, 1.82) is 0 Å². The molecule has 142 valence electrons. The van der Waals surface area contributed by atoms with Gasteiger partial charge in [-0.2, -0.15) is 0 Å². The van der Waals surface area contributed by atoms with Gasteiger partial charge in [-0.25, -0.2) is 0 Å². The maximum Gasteiger partial charge on any atom is 1.00 e. The fourth-order valence-electron chi connectivity index (χ4n) is 3.51. The van der Waals surface area contributed by atoms with E-state index in [1.807, 2.05) is 0 Å². The first-order chi connectivity index (χ1) is 11.4. The number of hydrogen-bond donors (Lipinski definition) is 0. The minimum atomic E-state index is 0. The van der Waals surface area contributed by atoms with Crippen molar-refractivity contribution in [2.75, 3.05) is 0 Å². The molecule has 0 amide bonds. The third-order valence-corrected chi connectivity index (χ3v) is 5.21. The molecular weight excluding hydrogens is 299 g/mol. The Morgan fingerprint density at radius 1 is 0.292 bits per heavy atom. The summed E-state index contributed by atoms with van der Waals surface area (Å²) in [6, 6.07) is 0. The van der Waals surface area contributed by atoms with Crippen LogP contribution >= 0.6 is 0 Å². The van der Waals surface area contributed by atoms with Crippen LogP contribution in [0.15, 0.2) is 0 Å². The SMILES string of the molecule is CCCCCCCCCCCCCCCCCCCCCCC.[H-].[Na+]. The van der Waals surface area contributed by atoms with Gasteiger partial charge >= 0.3 is 29.6 Å². The monoisotopic (exact) mass is 348 g/mol. The number of unbranched alkanes of at least 4 members (excludes halogenated alkanes) is 20. The summed E-state index contributed by atoms with van der Waals surface area (Å²) in [6.45, 7) is 4.60. The normalized spacial score (nSPS) is 10.8. The average molecular weight is 349 g/mol. The topological polar surface area (TPSA) is 0 Å². The van der Waals surface area contributed by atoms with Crippen LogP contribution in [0.2, 0.25) is 0 Å². The maximum absolute atomic E-state index is 2.30. The molecule has 0 bridgehead atoms. The summed E-state index contributed by atoms with van der Waals surface area (Å²) in [4.78, 5) is 0. The molecule has 0 atom stereocenters. The molecular formula is C23H49Na. The quantitative estimate of drug-likeness (QED) is 0.178. The van der Waals surface area contributed by atoms with Crippen molar-refractivity contribution in [3.05, 3.63) is 0 Å². The maximum atomic E-state index is 2.30. The molecule has 0 aliphatic heterocycles. The smallest absolute Gasteiger partial charge is 1.00 e. The van der Waals surface area contributed by atoms with E-state index in [1.54, 1.807) is 0 Å². The first-order valence-corrected chi connectivity index (χ1v) is 11.4. The zero-order chi connectivity index (χ0) is 16.8. The molecule has 0 aliphatic rings. The molecule has 0 saturated carbocycles. The molecule has 0 aromatic heterocycles. The molecule has 0 heterocycles. The van der Waals surface area contributed by atoms with E-state index in [0.29, 0.717) is 0 Å². The molecule has 0 N–H and O–H groups in total. The van der Waals surface area contributed by atoms with Gasteiger partial charge in [-0.1, -0.05) is 149 Å². The Kier molecular flexibility index (Phi) is 29.8. The van der Waals surface area contributed by atoms with E-state index in [2.05, 4.69) is 13.8 Å². The van der Waals surface area contributed by atoms with Crippen LogP contribution in [0.5, 0.6) is 0 Å². The molecule has 0 radical (unpaired) electrons. The van der Waals surface area contributed by atoms with Crippen molar-refractivity contribution in [2.24, 2.45) is 0 Å². The zero-order valence-electron chi connectivity index (χ0n) is 18.8. The molecule has 0 saturated heterocycles. The van der Waals surface area contributed by atoms with Crippen LogP contribution < -0.4 is 29.6 Å². The van der Waals surface area contributed by atoms with Gasteiger partial charge in [-0.05, 0) is 0 Å². The summed E-state index contributed by atoms with van der Waals surface area (Å²) in [7, 11) is 0. The standard InChI is InChI=1S/C23H48.Na.H/c1-3-5-7-9-11-13-15-17-19-21-23-22-20-18-16-14-12-10-8-6-4-2;;/h3-23H2,1-2H3;;/q;+1;-1. The molecule has 24 heavy (non-hydrogen) atoms. The summed E-state index contributed by atoms with van der Waals surface area (Å²) in [5.74, 6) is 0. The Labute approximate surface area is 179 Å². The van der Waals surface area contributed by atoms with Gasteiger partial charge in [0.15, 0.2) is 0 Å². The van der Waals surface area contributed by atoms with Gasteiger partial charge in [-0.3, -0.25) is 0 Å². The Bertz CT molecular complexity index is 177. The summed E-state index contributed by atoms with van der Waals surface area (Å²) in [6.07, 6.45) is 30.9. The van der Waals surface area contributed by atoms with E-state index in [-0.39, 0.29) is 31.0 Å². The van der Waals surface area contributed by atoms with Gasteiger partial charge in [0.05, 0.1) is 0 Å². The molecule has 0 aromatic carbocycles. The van der Waals surface area contributed by atoms with Crippen molar-refractivity contribution in [1.82, 2.24) is 0 Å². The van der Waals surface area contributed by atoms with Crippen LogP contribution in [0.1, 0.15) is 150 Å². The van der Waals surface area contributed by atoms with Crippen LogP contribution in [0, 0.1) is 0 Å². The largest absolute Gasteiger partial charge is 1.00 e. The second kappa shape index (κ2) is 26.2. The van der Waals surface area contributed by atoms with Gasteiger partial charge in [0, 0.05) is 0 Å². The fourth-order valence-corrected chi connectivity index (χ4v) is 3.51. The first-order valence-electron chi connectivity index (χ1n) is 11.4. The summed E-state index contributed by atoms with van der Waals surface area (Å²) >= 11 is 0. The van der Waals surface area contributed by atoms with Crippen molar-refractivity contribution >= 4 is 0 Å². The Hall–Kier alpha value is 1.00. The van der Waals surface area contributed by atoms with Crippen molar-refractivity contribution < 1.29 is 31.0 Å². The minimum Gasteiger partial charge on any atom is -1.00 e. The van der Waals surface area contributed by atoms with Crippen LogP contribution in [0.4, 0.5) is 0 Å². The van der Waals surface area contributed by atoms with Gasteiger partial charge in [0.25, 0.3) is 0 Å². The van der Waals surface area contributed by atoms with E-state index in [1.165, 1.54) is 135 Å². The first kappa shape index (κ1) is 27.2. The third kappa shape index (κ3) is 25.2. The van der Waals surface area contributed by atoms with Gasteiger partial charge in [0.1, 0.15) is 0 Å². The van der Waals surface area contributed by atoms with E-state index >= 15 is 0 Å². The predicted molar refractivity (Wildman–Crippen MR) is 109 cm³/mol. The predicted octanol–water partition coefficient (Wildman–Crippen LogP) is 6.33. The third-order valence-electron chi connectivity index (χ3n) is 5.21. The van der Waals surface area contributed by atoms with E-state index < -0.39 is 0 Å². The van der Waals surface area contributed by atoms with Crippen molar-refractivity contribution in [2.45, 2.75) is 149 Å². The van der Waals surface area contributed by atoms with Crippen LogP contribution in [0.25, 0.3) is 0 Å². The Morgan fingerprint density at radius 2 is 0.417 bits per heavy atom. The van der Waals surface area contributed by atoms with E-state index in [4.69, 9.17) is 0 Å². The fraction of sp³-hybridized carbons (Fsp3) is 1.00. The molecule has 0 unspecified atom stereocenters. The second-order valence-corrected chi connectivity index (χ2v) is 7.72. The van der Waals surface area contributed by atoms with Crippen LogP contribution in [0.3, 0.4) is 0 Å². The van der Waals surface area contributed by atoms with Gasteiger partial charge < -0.3 is 1.43 Å². The Morgan fingerprint density at radius 3 is 0.542 bits per heavy atom. The van der Waals surface area contributed by atoms with Crippen molar-refractivity contribution in [3.8, 4) is 0 Å². The number of rotatable bonds is 20. The molecule has 0 nitrogen and oxygen atoms in total. The molecule has 0 fully saturated rings. The molecule has 0 spiro atoms. The van der Waals surface area contributed by atoms with Crippen LogP contribution in [-0.2, 0) is 0 Å². The van der Waals surface area contributed by atoms with Gasteiger partial charge in [-0.15, -0.1) is 0 Å². The summed E-state index contributed by atoms with van der Waals surface area (Å²) in [5, 5.41) is 0. The second-order valence-electron chi connectivity index (χ2n) is 7.72.